The molecule has 3 aliphatic rings. The Bertz CT molecular complexity index is 876. The molecule has 0 radical (unpaired) electrons. The molecule has 1 spiro atoms. The lowest BCUT2D eigenvalue weighted by molar-refractivity contribution is -0.138. The number of carbonyl (C=O) groups excluding carboxylic acids is 3. The van der Waals surface area contributed by atoms with E-state index in [4.69, 9.17) is 0 Å². The third kappa shape index (κ3) is 4.37. The summed E-state index contributed by atoms with van der Waals surface area (Å²) in [5, 5.41) is 2.83. The van der Waals surface area contributed by atoms with Gasteiger partial charge in [-0.05, 0) is 31.4 Å². The summed E-state index contributed by atoms with van der Waals surface area (Å²) in [6.07, 6.45) is 0.208. The number of nitrogens with zero attached hydrogens (tertiary/aromatic N) is 4. The maximum absolute atomic E-state index is 12.7. The second kappa shape index (κ2) is 8.59. The zero-order chi connectivity index (χ0) is 22.9. The van der Waals surface area contributed by atoms with Crippen molar-refractivity contribution in [1.82, 2.24) is 20.1 Å². The van der Waals surface area contributed by atoms with Crippen LogP contribution in [0.1, 0.15) is 44.1 Å². The number of amides is 4. The van der Waals surface area contributed by atoms with Gasteiger partial charge < -0.3 is 15.1 Å². The number of hydrogen-bond donors (Lipinski definition) is 1. The zero-order valence-electron chi connectivity index (χ0n) is 17.7. The number of pyridine rings is 1. The predicted octanol–water partition coefficient (Wildman–Crippen LogP) is 2.39. The van der Waals surface area contributed by atoms with Crippen LogP contribution in [0.25, 0.3) is 0 Å². The lowest BCUT2D eigenvalue weighted by Gasteiger charge is -2.35. The van der Waals surface area contributed by atoms with Gasteiger partial charge in [-0.3, -0.25) is 14.5 Å². The fourth-order valence-electron chi connectivity index (χ4n) is 4.67. The Hall–Kier alpha value is -2.85. The van der Waals surface area contributed by atoms with E-state index < -0.39 is 17.3 Å². The largest absolute Gasteiger partial charge is 0.417 e. The van der Waals surface area contributed by atoms with Crippen LogP contribution < -0.4 is 10.2 Å². The quantitative estimate of drug-likeness (QED) is 0.692. The first kappa shape index (κ1) is 22.3. The smallest absolute Gasteiger partial charge is 0.353 e. The molecule has 174 valence electrons. The van der Waals surface area contributed by atoms with Crippen molar-refractivity contribution in [1.29, 1.82) is 0 Å². The molecule has 1 saturated carbocycles. The van der Waals surface area contributed by atoms with Crippen molar-refractivity contribution in [2.75, 3.05) is 37.6 Å². The molecule has 8 nitrogen and oxygen atoms in total. The van der Waals surface area contributed by atoms with Crippen LogP contribution in [-0.4, -0.2) is 70.9 Å². The third-order valence-corrected chi connectivity index (χ3v) is 6.51. The van der Waals surface area contributed by atoms with Crippen molar-refractivity contribution < 1.29 is 27.6 Å². The molecule has 2 saturated heterocycles. The average Bonchev–Trinajstić information content (AvgIpc) is 3.33. The molecule has 11 heteroatoms. The number of aromatic nitrogens is 1. The first-order chi connectivity index (χ1) is 15.2. The van der Waals surface area contributed by atoms with Crippen LogP contribution in [0, 0.1) is 0 Å². The highest BCUT2D eigenvalue weighted by Gasteiger charge is 2.52. The molecule has 1 aromatic rings. The summed E-state index contributed by atoms with van der Waals surface area (Å²) in [7, 11) is 0. The number of piperazine rings is 1. The Kier molecular flexibility index (Phi) is 6.00. The number of rotatable bonds is 5. The Labute approximate surface area is 183 Å². The van der Waals surface area contributed by atoms with Gasteiger partial charge in [-0.25, -0.2) is 9.78 Å². The normalized spacial score (nSPS) is 20.9. The lowest BCUT2D eigenvalue weighted by Crippen LogP contribution is -2.49. The molecule has 4 amide bonds. The van der Waals surface area contributed by atoms with Crippen LogP contribution in [0.5, 0.6) is 0 Å². The van der Waals surface area contributed by atoms with Crippen molar-refractivity contribution in [3.8, 4) is 0 Å². The molecule has 0 atom stereocenters. The fourth-order valence-corrected chi connectivity index (χ4v) is 4.67. The maximum atomic E-state index is 12.7. The van der Waals surface area contributed by atoms with Gasteiger partial charge in [0, 0.05) is 45.3 Å². The second-order valence-corrected chi connectivity index (χ2v) is 8.55. The number of carbonyl (C=O) groups is 3. The molecular weight excluding hydrogens is 427 g/mol. The molecule has 1 N–H and O–H groups in total. The predicted molar refractivity (Wildman–Crippen MR) is 109 cm³/mol. The van der Waals surface area contributed by atoms with Crippen molar-refractivity contribution in [3.05, 3.63) is 23.9 Å². The van der Waals surface area contributed by atoms with E-state index in [1.165, 1.54) is 11.0 Å². The van der Waals surface area contributed by atoms with Gasteiger partial charge in [-0.15, -0.1) is 0 Å². The van der Waals surface area contributed by atoms with Crippen molar-refractivity contribution in [2.45, 2.75) is 50.2 Å². The standard InChI is InChI=1S/C21H26F3N5O3/c22-21(23,24)15-5-6-16(25-14-15)27-10-12-28(13-11-27)17(30)4-3-9-29-18(31)20(26-19(29)32)7-1-2-8-20/h5-6,14H,1-4,7-13H2,(H,26,32). The van der Waals surface area contributed by atoms with Gasteiger partial charge in [0.1, 0.15) is 11.4 Å². The minimum atomic E-state index is -4.42. The molecule has 2 aliphatic heterocycles. The summed E-state index contributed by atoms with van der Waals surface area (Å²) >= 11 is 0. The summed E-state index contributed by atoms with van der Waals surface area (Å²) in [5.41, 5.74) is -1.52. The molecule has 0 bridgehead atoms. The van der Waals surface area contributed by atoms with Gasteiger partial charge in [-0.1, -0.05) is 12.8 Å². The molecule has 0 unspecified atom stereocenters. The van der Waals surface area contributed by atoms with Gasteiger partial charge in [-0.2, -0.15) is 13.2 Å². The summed E-state index contributed by atoms with van der Waals surface area (Å²) in [6, 6.07) is 1.97. The zero-order valence-corrected chi connectivity index (χ0v) is 17.7. The SMILES string of the molecule is O=C(CCCN1C(=O)NC2(CCCC2)C1=O)N1CCN(c2ccc(C(F)(F)F)cn2)CC1. The highest BCUT2D eigenvalue weighted by atomic mass is 19.4. The Morgan fingerprint density at radius 3 is 2.38 bits per heavy atom. The molecule has 3 fully saturated rings. The van der Waals surface area contributed by atoms with Gasteiger partial charge >= 0.3 is 12.2 Å². The van der Waals surface area contributed by atoms with E-state index in [1.807, 2.05) is 4.90 Å². The van der Waals surface area contributed by atoms with Gasteiger partial charge in [0.15, 0.2) is 0 Å². The first-order valence-corrected chi connectivity index (χ1v) is 10.9. The van der Waals surface area contributed by atoms with Gasteiger partial charge in [0.2, 0.25) is 5.91 Å². The van der Waals surface area contributed by atoms with E-state index in [2.05, 4.69) is 10.3 Å². The number of halogens is 3. The van der Waals surface area contributed by atoms with Crippen LogP contribution in [0.4, 0.5) is 23.8 Å². The number of alkyl halides is 3. The number of hydrogen-bond acceptors (Lipinski definition) is 5. The van der Waals surface area contributed by atoms with E-state index in [-0.39, 0.29) is 30.8 Å². The molecule has 4 rings (SSSR count). The van der Waals surface area contributed by atoms with E-state index in [0.29, 0.717) is 51.3 Å². The lowest BCUT2D eigenvalue weighted by atomic mass is 9.98. The molecule has 3 heterocycles. The minimum Gasteiger partial charge on any atom is -0.353 e. The molecule has 1 aromatic heterocycles. The van der Waals surface area contributed by atoms with Crippen LogP contribution in [0.15, 0.2) is 18.3 Å². The highest BCUT2D eigenvalue weighted by molar-refractivity contribution is 6.07. The number of urea groups is 1. The summed E-state index contributed by atoms with van der Waals surface area (Å²) < 4.78 is 38.0. The Morgan fingerprint density at radius 2 is 1.78 bits per heavy atom. The molecule has 1 aliphatic carbocycles. The van der Waals surface area contributed by atoms with Gasteiger partial charge in [0.25, 0.3) is 5.91 Å². The monoisotopic (exact) mass is 453 g/mol. The van der Waals surface area contributed by atoms with Crippen LogP contribution in [0.3, 0.4) is 0 Å². The molecule has 0 aromatic carbocycles. The fraction of sp³-hybridized carbons (Fsp3) is 0.619. The summed E-state index contributed by atoms with van der Waals surface area (Å²) in [6.45, 7) is 2.04. The number of nitrogens with one attached hydrogen (secondary N) is 1. The van der Waals surface area contributed by atoms with Crippen LogP contribution in [0.2, 0.25) is 0 Å². The maximum Gasteiger partial charge on any atom is 0.417 e. The van der Waals surface area contributed by atoms with Crippen molar-refractivity contribution in [3.63, 3.8) is 0 Å². The number of anilines is 1. The topological polar surface area (TPSA) is 85.8 Å². The van der Waals surface area contributed by atoms with Crippen LogP contribution in [-0.2, 0) is 15.8 Å². The summed E-state index contributed by atoms with van der Waals surface area (Å²) in [5.74, 6) is 0.210. The molecule has 32 heavy (non-hydrogen) atoms. The van der Waals surface area contributed by atoms with Gasteiger partial charge in [0.05, 0.1) is 5.56 Å². The second-order valence-electron chi connectivity index (χ2n) is 8.55. The minimum absolute atomic E-state index is 0.0623. The van der Waals surface area contributed by atoms with E-state index in [9.17, 15) is 27.6 Å². The first-order valence-electron chi connectivity index (χ1n) is 10.9. The Balaban J connectivity index is 1.22. The number of imide groups is 1. The van der Waals surface area contributed by atoms with E-state index in [1.54, 1.807) is 4.90 Å². The average molecular weight is 453 g/mol. The molecular formula is C21H26F3N5O3. The third-order valence-electron chi connectivity index (χ3n) is 6.51. The van der Waals surface area contributed by atoms with E-state index >= 15 is 0 Å². The Morgan fingerprint density at radius 1 is 1.09 bits per heavy atom. The van der Waals surface area contributed by atoms with Crippen molar-refractivity contribution >= 4 is 23.7 Å². The van der Waals surface area contributed by atoms with Crippen molar-refractivity contribution in [2.24, 2.45) is 0 Å². The van der Waals surface area contributed by atoms with Crippen LogP contribution >= 0.6 is 0 Å². The highest BCUT2D eigenvalue weighted by Crippen LogP contribution is 2.35. The van der Waals surface area contributed by atoms with E-state index in [0.717, 1.165) is 25.1 Å². The summed E-state index contributed by atoms with van der Waals surface area (Å²) in [4.78, 5) is 46.1.